The number of amides is 1. The third-order valence-corrected chi connectivity index (χ3v) is 6.53. The number of benzene rings is 3. The van der Waals surface area contributed by atoms with Gasteiger partial charge in [0, 0.05) is 16.8 Å². The van der Waals surface area contributed by atoms with Crippen LogP contribution in [-0.2, 0) is 5.75 Å². The number of carbonyl (C=O) groups excluding carboxylic acids is 1. The van der Waals surface area contributed by atoms with Gasteiger partial charge in [-0.15, -0.1) is 0 Å². The fourth-order valence-corrected chi connectivity index (χ4v) is 4.65. The van der Waals surface area contributed by atoms with Crippen LogP contribution in [0.1, 0.15) is 16.1 Å². The van der Waals surface area contributed by atoms with Crippen LogP contribution in [0.2, 0.25) is 0 Å². The molecule has 0 aliphatic carbocycles. The Morgan fingerprint density at radius 1 is 1.00 bits per heavy atom. The van der Waals surface area contributed by atoms with Crippen molar-refractivity contribution in [3.63, 3.8) is 0 Å². The molecule has 8 heteroatoms. The molecule has 0 aliphatic rings. The highest BCUT2D eigenvalue weighted by molar-refractivity contribution is 7.99. The number of thioether (sulfide) groups is 1. The van der Waals surface area contributed by atoms with Crippen LogP contribution >= 0.6 is 23.5 Å². The minimum absolute atomic E-state index is 0.237. The van der Waals surface area contributed by atoms with E-state index in [1.54, 1.807) is 43.6 Å². The molecule has 0 fully saturated rings. The van der Waals surface area contributed by atoms with Gasteiger partial charge in [-0.05, 0) is 35.9 Å². The number of nitrogens with one attached hydrogen (secondary N) is 1. The Labute approximate surface area is 199 Å². The number of hydrogen-bond acceptors (Lipinski definition) is 6. The zero-order valence-electron chi connectivity index (χ0n) is 17.7. The van der Waals surface area contributed by atoms with E-state index in [1.165, 1.54) is 29.6 Å². The molecular formula is C25H20FN3O2S2. The van der Waals surface area contributed by atoms with Crippen LogP contribution in [0.25, 0.3) is 0 Å². The molecule has 1 amide bonds. The van der Waals surface area contributed by atoms with E-state index in [0.717, 1.165) is 4.90 Å². The number of aromatic nitrogens is 2. The van der Waals surface area contributed by atoms with Gasteiger partial charge in [0.1, 0.15) is 17.3 Å². The largest absolute Gasteiger partial charge is 0.495 e. The van der Waals surface area contributed by atoms with Crippen LogP contribution in [0.5, 0.6) is 5.75 Å². The molecule has 5 nitrogen and oxygen atoms in total. The minimum atomic E-state index is -0.381. The number of ether oxygens (including phenoxy) is 1. The maximum atomic E-state index is 14.0. The fourth-order valence-electron chi connectivity index (χ4n) is 2.96. The first-order valence-corrected chi connectivity index (χ1v) is 11.8. The van der Waals surface area contributed by atoms with Crippen LogP contribution < -0.4 is 10.1 Å². The summed E-state index contributed by atoms with van der Waals surface area (Å²) in [6, 6.07) is 23.4. The average molecular weight is 478 g/mol. The second kappa shape index (κ2) is 11.0. The molecule has 1 aromatic heterocycles. The molecule has 0 radical (unpaired) electrons. The lowest BCUT2D eigenvalue weighted by Crippen LogP contribution is -2.16. The Bertz CT molecular complexity index is 1260. The topological polar surface area (TPSA) is 64.1 Å². The van der Waals surface area contributed by atoms with Gasteiger partial charge in [-0.2, -0.15) is 0 Å². The number of para-hydroxylation sites is 2. The number of anilines is 1. The van der Waals surface area contributed by atoms with Gasteiger partial charge >= 0.3 is 0 Å². The second-order valence-corrected chi connectivity index (χ2v) is 8.87. The van der Waals surface area contributed by atoms with Gasteiger partial charge in [0.25, 0.3) is 5.91 Å². The molecule has 1 heterocycles. The van der Waals surface area contributed by atoms with Crippen LogP contribution in [0.4, 0.5) is 10.1 Å². The summed E-state index contributed by atoms with van der Waals surface area (Å²) in [7, 11) is 1.55. The average Bonchev–Trinajstić information content (AvgIpc) is 2.85. The molecule has 4 rings (SSSR count). The molecule has 3 aromatic carbocycles. The lowest BCUT2D eigenvalue weighted by Gasteiger charge is -2.12. The van der Waals surface area contributed by atoms with E-state index in [1.807, 2.05) is 42.5 Å². The Hall–Kier alpha value is -3.36. The first-order valence-electron chi connectivity index (χ1n) is 10.0. The third-order valence-electron chi connectivity index (χ3n) is 4.59. The fraction of sp³-hybridized carbons (Fsp3) is 0.0800. The summed E-state index contributed by atoms with van der Waals surface area (Å²) in [5, 5.41) is 3.27. The molecule has 0 unspecified atom stereocenters. The van der Waals surface area contributed by atoms with Gasteiger partial charge in [0.15, 0.2) is 5.16 Å². The highest BCUT2D eigenvalue weighted by Gasteiger charge is 2.18. The van der Waals surface area contributed by atoms with Crippen molar-refractivity contribution in [1.29, 1.82) is 0 Å². The third kappa shape index (κ3) is 5.91. The number of hydrogen-bond donors (Lipinski definition) is 1. The molecule has 0 aliphatic heterocycles. The Morgan fingerprint density at radius 2 is 1.73 bits per heavy atom. The molecule has 4 aromatic rings. The van der Waals surface area contributed by atoms with Gasteiger partial charge in [0.05, 0.1) is 17.7 Å². The molecule has 0 saturated carbocycles. The number of methoxy groups -OCH3 is 1. The summed E-state index contributed by atoms with van der Waals surface area (Å²) >= 11 is 2.67. The van der Waals surface area contributed by atoms with Crippen molar-refractivity contribution in [3.05, 3.63) is 102 Å². The maximum absolute atomic E-state index is 14.0. The SMILES string of the molecule is COc1ccccc1NC(=O)c1nc(SCc2ccccc2F)ncc1Sc1ccccc1. The Morgan fingerprint density at radius 3 is 2.52 bits per heavy atom. The van der Waals surface area contributed by atoms with Crippen molar-refractivity contribution in [3.8, 4) is 5.75 Å². The Balaban J connectivity index is 1.62. The van der Waals surface area contributed by atoms with Crippen LogP contribution in [0, 0.1) is 5.82 Å². The predicted molar refractivity (Wildman–Crippen MR) is 130 cm³/mol. The zero-order chi connectivity index (χ0) is 23.0. The molecule has 0 spiro atoms. The normalized spacial score (nSPS) is 10.6. The molecular weight excluding hydrogens is 457 g/mol. The van der Waals surface area contributed by atoms with Gasteiger partial charge < -0.3 is 10.1 Å². The van der Waals surface area contributed by atoms with Crippen LogP contribution in [-0.4, -0.2) is 23.0 Å². The second-order valence-electron chi connectivity index (χ2n) is 6.82. The summed E-state index contributed by atoms with van der Waals surface area (Å²) in [5.41, 5.74) is 1.33. The Kier molecular flexibility index (Phi) is 7.59. The van der Waals surface area contributed by atoms with E-state index in [-0.39, 0.29) is 17.4 Å². The number of nitrogens with zero attached hydrogens (tertiary/aromatic N) is 2. The minimum Gasteiger partial charge on any atom is -0.495 e. The maximum Gasteiger partial charge on any atom is 0.275 e. The van der Waals surface area contributed by atoms with Gasteiger partial charge in [-0.25, -0.2) is 14.4 Å². The monoisotopic (exact) mass is 477 g/mol. The van der Waals surface area contributed by atoms with E-state index in [9.17, 15) is 9.18 Å². The lowest BCUT2D eigenvalue weighted by atomic mass is 10.2. The predicted octanol–water partition coefficient (Wildman–Crippen LogP) is 6.32. The van der Waals surface area contributed by atoms with E-state index < -0.39 is 0 Å². The van der Waals surface area contributed by atoms with Crippen molar-refractivity contribution in [2.75, 3.05) is 12.4 Å². The van der Waals surface area contributed by atoms with E-state index in [4.69, 9.17) is 4.74 Å². The molecule has 166 valence electrons. The van der Waals surface area contributed by atoms with Crippen molar-refractivity contribution < 1.29 is 13.9 Å². The molecule has 0 saturated heterocycles. The van der Waals surface area contributed by atoms with Crippen molar-refractivity contribution in [2.24, 2.45) is 0 Å². The van der Waals surface area contributed by atoms with E-state index in [2.05, 4.69) is 15.3 Å². The first-order chi connectivity index (χ1) is 16.1. The standard InChI is InChI=1S/C25H20FN3O2S2/c1-31-21-14-8-7-13-20(21)28-24(30)23-22(33-18-10-3-2-4-11-18)15-27-25(29-23)32-16-17-9-5-6-12-19(17)26/h2-15H,16H2,1H3,(H,28,30). The quantitative estimate of drug-likeness (QED) is 0.237. The van der Waals surface area contributed by atoms with Gasteiger partial charge in [-0.1, -0.05) is 72.1 Å². The van der Waals surface area contributed by atoms with Crippen molar-refractivity contribution in [1.82, 2.24) is 9.97 Å². The number of carbonyl (C=O) groups is 1. The van der Waals surface area contributed by atoms with Crippen LogP contribution in [0.15, 0.2) is 100 Å². The molecule has 33 heavy (non-hydrogen) atoms. The summed E-state index contributed by atoms with van der Waals surface area (Å²) in [5.74, 6) is 0.237. The number of halogens is 1. The molecule has 0 atom stereocenters. The highest BCUT2D eigenvalue weighted by Crippen LogP contribution is 2.32. The molecule has 1 N–H and O–H groups in total. The highest BCUT2D eigenvalue weighted by atomic mass is 32.2. The summed E-state index contributed by atoms with van der Waals surface area (Å²) in [6.07, 6.45) is 1.63. The van der Waals surface area contributed by atoms with Gasteiger partial charge in [-0.3, -0.25) is 4.79 Å². The van der Waals surface area contributed by atoms with Crippen molar-refractivity contribution >= 4 is 35.1 Å². The van der Waals surface area contributed by atoms with E-state index >= 15 is 0 Å². The van der Waals surface area contributed by atoms with Crippen LogP contribution in [0.3, 0.4) is 0 Å². The summed E-state index contributed by atoms with van der Waals surface area (Å²) in [6.45, 7) is 0. The van der Waals surface area contributed by atoms with Gasteiger partial charge in [0.2, 0.25) is 0 Å². The number of rotatable bonds is 8. The van der Waals surface area contributed by atoms with Crippen molar-refractivity contribution in [2.45, 2.75) is 20.7 Å². The first kappa shape index (κ1) is 22.8. The summed E-state index contributed by atoms with van der Waals surface area (Å²) in [4.78, 5) is 23.7. The lowest BCUT2D eigenvalue weighted by molar-refractivity contribution is 0.101. The molecule has 0 bridgehead atoms. The summed E-state index contributed by atoms with van der Waals surface area (Å²) < 4.78 is 19.3. The van der Waals surface area contributed by atoms with E-state index in [0.29, 0.717) is 32.8 Å². The zero-order valence-corrected chi connectivity index (χ0v) is 19.3. The smallest absolute Gasteiger partial charge is 0.275 e.